The van der Waals surface area contributed by atoms with Crippen LogP contribution in [-0.2, 0) is 14.8 Å². The third kappa shape index (κ3) is 3.38. The number of carbonyl (C=O) groups is 1. The van der Waals surface area contributed by atoms with Gasteiger partial charge in [0, 0.05) is 9.92 Å². The van der Waals surface area contributed by atoms with Crippen LogP contribution >= 0.6 is 23.4 Å². The third-order valence-corrected chi connectivity index (χ3v) is 6.58. The Morgan fingerprint density at radius 1 is 1.21 bits per heavy atom. The van der Waals surface area contributed by atoms with E-state index in [9.17, 15) is 13.2 Å². The van der Waals surface area contributed by atoms with Crippen LogP contribution in [0, 0.1) is 6.92 Å². The average Bonchev–Trinajstić information content (AvgIpc) is 2.51. The first-order chi connectivity index (χ1) is 11.3. The number of amides is 1. The molecule has 1 atom stereocenters. The first-order valence-corrected chi connectivity index (χ1v) is 9.91. The normalized spacial score (nSPS) is 17.1. The van der Waals surface area contributed by atoms with Crippen molar-refractivity contribution >= 4 is 50.7 Å². The molecule has 0 saturated heterocycles. The van der Waals surface area contributed by atoms with Crippen molar-refractivity contribution in [2.75, 3.05) is 10.0 Å². The van der Waals surface area contributed by atoms with E-state index in [1.807, 2.05) is 6.92 Å². The number of nitrogens with one attached hydrogen (secondary N) is 2. The van der Waals surface area contributed by atoms with Gasteiger partial charge in [0.05, 0.1) is 21.5 Å². The molecule has 2 N–H and O–H groups in total. The maximum Gasteiger partial charge on any atom is 0.261 e. The molecular formula is C16H15ClN2O3S2. The summed E-state index contributed by atoms with van der Waals surface area (Å²) in [5, 5.41) is 3.01. The largest absolute Gasteiger partial charge is 0.324 e. The van der Waals surface area contributed by atoms with Crippen molar-refractivity contribution in [1.82, 2.24) is 0 Å². The van der Waals surface area contributed by atoms with Crippen LogP contribution in [0.4, 0.5) is 11.4 Å². The Balaban J connectivity index is 1.91. The van der Waals surface area contributed by atoms with E-state index in [1.165, 1.54) is 23.9 Å². The smallest absolute Gasteiger partial charge is 0.261 e. The maximum absolute atomic E-state index is 12.6. The van der Waals surface area contributed by atoms with E-state index in [4.69, 9.17) is 11.6 Å². The van der Waals surface area contributed by atoms with Gasteiger partial charge in [0.2, 0.25) is 5.91 Å². The molecule has 8 heteroatoms. The quantitative estimate of drug-likeness (QED) is 0.844. The first-order valence-electron chi connectivity index (χ1n) is 7.17. The second-order valence-corrected chi connectivity index (χ2v) is 8.95. The molecule has 0 unspecified atom stereocenters. The highest BCUT2D eigenvalue weighted by Gasteiger charge is 2.25. The zero-order valence-electron chi connectivity index (χ0n) is 13.0. The van der Waals surface area contributed by atoms with Crippen LogP contribution in [0.15, 0.2) is 46.2 Å². The van der Waals surface area contributed by atoms with Crippen molar-refractivity contribution < 1.29 is 13.2 Å². The molecule has 0 aliphatic carbocycles. The van der Waals surface area contributed by atoms with E-state index in [0.29, 0.717) is 16.4 Å². The maximum atomic E-state index is 12.6. The van der Waals surface area contributed by atoms with E-state index in [-0.39, 0.29) is 16.1 Å². The fraction of sp³-hybridized carbons (Fsp3) is 0.188. The van der Waals surface area contributed by atoms with Crippen molar-refractivity contribution in [3.05, 3.63) is 47.0 Å². The minimum absolute atomic E-state index is 0.0772. The SMILES string of the molecule is Cc1ccc(NS(=O)(=O)c2ccc3c(c2)NC(=O)[C@@H](C)S3)cc1Cl. The summed E-state index contributed by atoms with van der Waals surface area (Å²) in [6.45, 7) is 3.64. The molecule has 2 aromatic rings. The highest BCUT2D eigenvalue weighted by molar-refractivity contribution is 8.01. The Labute approximate surface area is 149 Å². The number of rotatable bonds is 3. The van der Waals surface area contributed by atoms with E-state index >= 15 is 0 Å². The highest BCUT2D eigenvalue weighted by Crippen LogP contribution is 2.37. The molecular weight excluding hydrogens is 368 g/mol. The Morgan fingerprint density at radius 2 is 1.96 bits per heavy atom. The Morgan fingerprint density at radius 3 is 2.67 bits per heavy atom. The summed E-state index contributed by atoms with van der Waals surface area (Å²) in [7, 11) is -3.78. The second-order valence-electron chi connectivity index (χ2n) is 5.48. The standard InChI is InChI=1S/C16H15ClN2O3S2/c1-9-3-4-11(7-13(9)17)19-24(21,22)12-5-6-15-14(8-12)18-16(20)10(2)23-15/h3-8,10,19H,1-2H3,(H,18,20)/t10-/m1/s1. The number of aryl methyl sites for hydroxylation is 1. The molecule has 1 amide bonds. The lowest BCUT2D eigenvalue weighted by Gasteiger charge is -2.22. The molecule has 0 saturated carbocycles. The number of sulfonamides is 1. The van der Waals surface area contributed by atoms with Gasteiger partial charge in [-0.15, -0.1) is 11.8 Å². The average molecular weight is 383 g/mol. The molecule has 3 rings (SSSR count). The number of hydrogen-bond donors (Lipinski definition) is 2. The Bertz CT molecular complexity index is 929. The van der Waals surface area contributed by atoms with Gasteiger partial charge in [0.25, 0.3) is 10.0 Å². The lowest BCUT2D eigenvalue weighted by molar-refractivity contribution is -0.115. The lowest BCUT2D eigenvalue weighted by Crippen LogP contribution is -2.26. The van der Waals surface area contributed by atoms with Crippen molar-refractivity contribution in [3.63, 3.8) is 0 Å². The Hall–Kier alpha value is -1.70. The van der Waals surface area contributed by atoms with Gasteiger partial charge in [-0.1, -0.05) is 17.7 Å². The molecule has 0 spiro atoms. The topological polar surface area (TPSA) is 75.3 Å². The van der Waals surface area contributed by atoms with Crippen LogP contribution in [0.25, 0.3) is 0 Å². The number of halogens is 1. The van der Waals surface area contributed by atoms with Crippen molar-refractivity contribution in [3.8, 4) is 0 Å². The van der Waals surface area contributed by atoms with Crippen LogP contribution in [-0.4, -0.2) is 19.6 Å². The van der Waals surface area contributed by atoms with E-state index in [1.54, 1.807) is 31.2 Å². The highest BCUT2D eigenvalue weighted by atomic mass is 35.5. The van der Waals surface area contributed by atoms with Crippen LogP contribution in [0.3, 0.4) is 0 Å². The summed E-state index contributed by atoms with van der Waals surface area (Å²) < 4.78 is 27.6. The number of hydrogen-bond acceptors (Lipinski definition) is 4. The molecule has 24 heavy (non-hydrogen) atoms. The molecule has 0 radical (unpaired) electrons. The zero-order chi connectivity index (χ0) is 17.5. The van der Waals surface area contributed by atoms with E-state index in [2.05, 4.69) is 10.0 Å². The first kappa shape index (κ1) is 17.1. The van der Waals surface area contributed by atoms with Crippen molar-refractivity contribution in [1.29, 1.82) is 0 Å². The van der Waals surface area contributed by atoms with Crippen molar-refractivity contribution in [2.24, 2.45) is 0 Å². The Kier molecular flexibility index (Phi) is 4.50. The van der Waals surface area contributed by atoms with Gasteiger partial charge in [-0.25, -0.2) is 8.42 Å². The predicted molar refractivity (Wildman–Crippen MR) is 97.4 cm³/mol. The fourth-order valence-electron chi connectivity index (χ4n) is 2.23. The lowest BCUT2D eigenvalue weighted by atomic mass is 10.2. The van der Waals surface area contributed by atoms with Crippen LogP contribution in [0.2, 0.25) is 5.02 Å². The fourth-order valence-corrected chi connectivity index (χ4v) is 4.41. The minimum Gasteiger partial charge on any atom is -0.324 e. The van der Waals surface area contributed by atoms with E-state index in [0.717, 1.165) is 10.5 Å². The van der Waals surface area contributed by atoms with Crippen molar-refractivity contribution in [2.45, 2.75) is 28.9 Å². The van der Waals surface area contributed by atoms with Gasteiger partial charge >= 0.3 is 0 Å². The summed E-state index contributed by atoms with van der Waals surface area (Å²) in [4.78, 5) is 12.7. The van der Waals surface area contributed by atoms with Gasteiger partial charge in [-0.3, -0.25) is 9.52 Å². The van der Waals surface area contributed by atoms with Gasteiger partial charge in [0.1, 0.15) is 0 Å². The predicted octanol–water partition coefficient (Wildman–Crippen LogP) is 3.88. The molecule has 0 bridgehead atoms. The molecule has 0 fully saturated rings. The zero-order valence-corrected chi connectivity index (χ0v) is 15.3. The summed E-state index contributed by atoms with van der Waals surface area (Å²) in [5.74, 6) is -0.139. The molecule has 1 heterocycles. The van der Waals surface area contributed by atoms with Gasteiger partial charge < -0.3 is 5.32 Å². The number of benzene rings is 2. The summed E-state index contributed by atoms with van der Waals surface area (Å²) in [5.41, 5.74) is 1.76. The third-order valence-electron chi connectivity index (χ3n) is 3.62. The van der Waals surface area contributed by atoms with E-state index < -0.39 is 10.0 Å². The molecule has 2 aromatic carbocycles. The molecule has 126 valence electrons. The van der Waals surface area contributed by atoms with Gasteiger partial charge in [-0.05, 0) is 49.7 Å². The molecule has 5 nitrogen and oxygen atoms in total. The van der Waals surface area contributed by atoms with Gasteiger partial charge in [-0.2, -0.15) is 0 Å². The minimum atomic E-state index is -3.78. The summed E-state index contributed by atoms with van der Waals surface area (Å²) in [6, 6.07) is 9.64. The second kappa shape index (κ2) is 6.31. The number of carbonyl (C=O) groups excluding carboxylic acids is 1. The monoisotopic (exact) mass is 382 g/mol. The van der Waals surface area contributed by atoms with Crippen LogP contribution in [0.1, 0.15) is 12.5 Å². The summed E-state index contributed by atoms with van der Waals surface area (Å²) >= 11 is 7.43. The molecule has 1 aliphatic rings. The number of fused-ring (bicyclic) bond motifs is 1. The number of anilines is 2. The molecule has 1 aliphatic heterocycles. The van der Waals surface area contributed by atoms with Crippen LogP contribution in [0.5, 0.6) is 0 Å². The van der Waals surface area contributed by atoms with Crippen LogP contribution < -0.4 is 10.0 Å². The molecule has 0 aromatic heterocycles. The van der Waals surface area contributed by atoms with Gasteiger partial charge in [0.15, 0.2) is 0 Å². The summed E-state index contributed by atoms with van der Waals surface area (Å²) in [6.07, 6.45) is 0. The number of thioether (sulfide) groups is 1.